The van der Waals surface area contributed by atoms with Gasteiger partial charge in [0.15, 0.2) is 17.3 Å². The van der Waals surface area contributed by atoms with E-state index in [4.69, 9.17) is 19.9 Å². The van der Waals surface area contributed by atoms with E-state index in [2.05, 4.69) is 10.2 Å². The number of carbonyl (C=O) groups is 2. The number of likely N-dealkylation sites (N-methyl/N-ethyl adjacent to an activating group) is 1. The van der Waals surface area contributed by atoms with Gasteiger partial charge in [-0.25, -0.2) is 0 Å². The molecule has 0 aliphatic carbocycles. The number of thiophene rings is 1. The van der Waals surface area contributed by atoms with E-state index >= 15 is 0 Å². The van der Waals surface area contributed by atoms with Crippen LogP contribution in [-0.2, 0) is 6.42 Å². The van der Waals surface area contributed by atoms with Gasteiger partial charge in [-0.15, -0.1) is 11.3 Å². The van der Waals surface area contributed by atoms with Crippen LogP contribution in [-0.4, -0.2) is 44.1 Å². The average Bonchev–Trinajstić information content (AvgIpc) is 3.26. The monoisotopic (exact) mass is 417 g/mol. The second kappa shape index (κ2) is 7.23. The summed E-state index contributed by atoms with van der Waals surface area (Å²) in [6.07, 6.45) is 0.529. The van der Waals surface area contributed by atoms with Gasteiger partial charge < -0.3 is 25.3 Å². The van der Waals surface area contributed by atoms with Gasteiger partial charge in [0.05, 0.1) is 17.6 Å². The Kier molecular flexibility index (Phi) is 4.87. The van der Waals surface area contributed by atoms with Crippen molar-refractivity contribution in [1.82, 2.24) is 4.90 Å². The molecule has 0 saturated heterocycles. The number of nitrogens with one attached hydrogen (secondary N) is 1. The molecule has 2 aliphatic heterocycles. The summed E-state index contributed by atoms with van der Waals surface area (Å²) >= 11 is 1.25. The number of primary amides is 1. The number of fused-ring (bicyclic) bond motifs is 2. The predicted octanol–water partition coefficient (Wildman–Crippen LogP) is 2.69. The number of carbonyl (C=O) groups excluding carboxylic acids is 2. The molecule has 9 heteroatoms. The molecule has 0 spiro atoms. The van der Waals surface area contributed by atoms with Crippen molar-refractivity contribution in [1.29, 1.82) is 0 Å². The number of Topliss-reactive ketones (excluding diaryl/α,β-unsaturated/α-hetero) is 1. The first-order valence-corrected chi connectivity index (χ1v) is 10.0. The van der Waals surface area contributed by atoms with Crippen molar-refractivity contribution >= 4 is 28.0 Å². The lowest BCUT2D eigenvalue weighted by molar-refractivity contribution is 0.1000. The zero-order valence-electron chi connectivity index (χ0n) is 16.8. The van der Waals surface area contributed by atoms with Gasteiger partial charge in [0.2, 0.25) is 12.5 Å². The summed E-state index contributed by atoms with van der Waals surface area (Å²) < 4.78 is 16.9. The number of nitrogens with zero attached hydrogens (tertiary/aromatic N) is 1. The molecule has 3 N–H and O–H groups in total. The van der Waals surface area contributed by atoms with Gasteiger partial charge in [-0.2, -0.15) is 0 Å². The standard InChI is InChI=1S/C20H23N3O5S/c1-9-13(18(21)25)20(29-17(9)10(2)24)22-19-14-11(5-6-23(19)3)7-12-15(16(14)26-4)28-8-27-12/h7,19,22H,5-6,8H2,1-4H3,(H2,21,25). The fourth-order valence-corrected chi connectivity index (χ4v) is 5.12. The summed E-state index contributed by atoms with van der Waals surface area (Å²) in [4.78, 5) is 26.8. The van der Waals surface area contributed by atoms with Crippen molar-refractivity contribution in [3.8, 4) is 17.2 Å². The molecule has 1 amide bonds. The number of ether oxygens (including phenoxy) is 3. The minimum absolute atomic E-state index is 0.0959. The second-order valence-electron chi connectivity index (χ2n) is 7.17. The summed E-state index contributed by atoms with van der Waals surface area (Å²) in [7, 11) is 3.59. The fourth-order valence-electron chi connectivity index (χ4n) is 3.99. The number of hydrogen-bond donors (Lipinski definition) is 2. The summed E-state index contributed by atoms with van der Waals surface area (Å²) in [6, 6.07) is 1.98. The van der Waals surface area contributed by atoms with E-state index < -0.39 is 5.91 Å². The summed E-state index contributed by atoms with van der Waals surface area (Å²) in [5.74, 6) is 1.20. The molecule has 1 atom stereocenters. The number of benzene rings is 1. The van der Waals surface area contributed by atoms with Gasteiger partial charge in [-0.05, 0) is 44.5 Å². The van der Waals surface area contributed by atoms with Crippen LogP contribution in [0, 0.1) is 6.92 Å². The lowest BCUT2D eigenvalue weighted by atomic mass is 9.95. The lowest BCUT2D eigenvalue weighted by Crippen LogP contribution is -2.37. The molecular formula is C20H23N3O5S. The van der Waals surface area contributed by atoms with Crippen LogP contribution in [0.1, 0.15) is 49.8 Å². The Hall–Kier alpha value is -2.78. The van der Waals surface area contributed by atoms with Gasteiger partial charge in [0, 0.05) is 12.1 Å². The van der Waals surface area contributed by atoms with Crippen LogP contribution >= 0.6 is 11.3 Å². The Bertz CT molecular complexity index is 1020. The number of rotatable bonds is 5. The Balaban J connectivity index is 1.83. The Morgan fingerprint density at radius 3 is 2.79 bits per heavy atom. The van der Waals surface area contributed by atoms with E-state index in [1.807, 2.05) is 13.1 Å². The Labute approximate surface area is 172 Å². The van der Waals surface area contributed by atoms with Crippen molar-refractivity contribution in [2.24, 2.45) is 5.73 Å². The van der Waals surface area contributed by atoms with Crippen molar-refractivity contribution in [3.63, 3.8) is 0 Å². The van der Waals surface area contributed by atoms with E-state index in [9.17, 15) is 9.59 Å². The summed E-state index contributed by atoms with van der Waals surface area (Å²) in [6.45, 7) is 4.18. The van der Waals surface area contributed by atoms with Gasteiger partial charge in [-0.1, -0.05) is 0 Å². The molecule has 154 valence electrons. The summed E-state index contributed by atoms with van der Waals surface area (Å²) in [5, 5.41) is 4.01. The third kappa shape index (κ3) is 3.10. The van der Waals surface area contributed by atoms with Crippen LogP contribution in [0.5, 0.6) is 17.2 Å². The van der Waals surface area contributed by atoms with E-state index in [0.717, 1.165) is 24.1 Å². The highest BCUT2D eigenvalue weighted by Crippen LogP contribution is 2.50. The molecule has 1 aromatic heterocycles. The average molecular weight is 417 g/mol. The lowest BCUT2D eigenvalue weighted by Gasteiger charge is -2.36. The van der Waals surface area contributed by atoms with E-state index in [-0.39, 0.29) is 18.7 Å². The van der Waals surface area contributed by atoms with Crippen LogP contribution < -0.4 is 25.3 Å². The first kappa shape index (κ1) is 19.5. The van der Waals surface area contributed by atoms with Crippen molar-refractivity contribution in [3.05, 3.63) is 33.2 Å². The highest BCUT2D eigenvalue weighted by Gasteiger charge is 2.35. The number of amides is 1. The summed E-state index contributed by atoms with van der Waals surface area (Å²) in [5.41, 5.74) is 8.60. The van der Waals surface area contributed by atoms with Crippen LogP contribution in [0.3, 0.4) is 0 Å². The molecule has 1 unspecified atom stereocenters. The predicted molar refractivity (Wildman–Crippen MR) is 109 cm³/mol. The molecule has 0 radical (unpaired) electrons. The van der Waals surface area contributed by atoms with Gasteiger partial charge in [0.25, 0.3) is 5.91 Å². The van der Waals surface area contributed by atoms with E-state index in [1.165, 1.54) is 18.3 Å². The number of ketones is 1. The van der Waals surface area contributed by atoms with Gasteiger partial charge in [-0.3, -0.25) is 14.5 Å². The topological polar surface area (TPSA) is 103 Å². The van der Waals surface area contributed by atoms with Crippen LogP contribution in [0.15, 0.2) is 6.07 Å². The largest absolute Gasteiger partial charge is 0.492 e. The molecular weight excluding hydrogens is 394 g/mol. The van der Waals surface area contributed by atoms with Crippen LogP contribution in [0.25, 0.3) is 0 Å². The maximum absolute atomic E-state index is 12.1. The molecule has 8 nitrogen and oxygen atoms in total. The van der Waals surface area contributed by atoms with Crippen molar-refractivity contribution in [2.45, 2.75) is 26.4 Å². The third-order valence-electron chi connectivity index (χ3n) is 5.38. The molecule has 3 heterocycles. The number of anilines is 1. The third-order valence-corrected chi connectivity index (χ3v) is 6.70. The molecule has 0 bridgehead atoms. The van der Waals surface area contributed by atoms with Crippen molar-refractivity contribution in [2.75, 3.05) is 32.8 Å². The highest BCUT2D eigenvalue weighted by atomic mass is 32.1. The first-order chi connectivity index (χ1) is 13.8. The molecule has 0 saturated carbocycles. The molecule has 2 aliphatic rings. The molecule has 0 fully saturated rings. The van der Waals surface area contributed by atoms with Gasteiger partial charge >= 0.3 is 0 Å². The Morgan fingerprint density at radius 1 is 1.38 bits per heavy atom. The van der Waals surface area contributed by atoms with Crippen molar-refractivity contribution < 1.29 is 23.8 Å². The molecule has 29 heavy (non-hydrogen) atoms. The van der Waals surface area contributed by atoms with Crippen LogP contribution in [0.4, 0.5) is 5.00 Å². The molecule has 1 aromatic carbocycles. The first-order valence-electron chi connectivity index (χ1n) is 9.23. The fraction of sp³-hybridized carbons (Fsp3) is 0.400. The maximum atomic E-state index is 12.1. The molecule has 2 aromatic rings. The second-order valence-corrected chi connectivity index (χ2v) is 8.20. The zero-order valence-corrected chi connectivity index (χ0v) is 17.6. The SMILES string of the molecule is COc1c2c(cc3c1C(Nc1sc(C(C)=O)c(C)c1C(N)=O)N(C)CC3)OCO2. The molecule has 4 rings (SSSR count). The number of hydrogen-bond acceptors (Lipinski definition) is 8. The minimum atomic E-state index is -0.565. The number of methoxy groups -OCH3 is 1. The number of nitrogens with two attached hydrogens (primary N) is 1. The van der Waals surface area contributed by atoms with Gasteiger partial charge in [0.1, 0.15) is 11.2 Å². The Morgan fingerprint density at radius 2 is 2.14 bits per heavy atom. The quantitative estimate of drug-likeness (QED) is 0.721. The van der Waals surface area contributed by atoms with Crippen LogP contribution in [0.2, 0.25) is 0 Å². The normalized spacial score (nSPS) is 17.7. The highest BCUT2D eigenvalue weighted by molar-refractivity contribution is 7.18. The smallest absolute Gasteiger partial charge is 0.251 e. The van der Waals surface area contributed by atoms with E-state index in [0.29, 0.717) is 38.3 Å². The minimum Gasteiger partial charge on any atom is -0.492 e. The maximum Gasteiger partial charge on any atom is 0.251 e. The van der Waals surface area contributed by atoms with E-state index in [1.54, 1.807) is 14.0 Å². The zero-order chi connectivity index (χ0) is 20.9.